The van der Waals surface area contributed by atoms with Gasteiger partial charge in [0, 0.05) is 12.2 Å². The van der Waals surface area contributed by atoms with E-state index in [2.05, 4.69) is 9.71 Å². The van der Waals surface area contributed by atoms with Gasteiger partial charge in [0.2, 0.25) is 0 Å². The second-order valence-corrected chi connectivity index (χ2v) is 5.11. The summed E-state index contributed by atoms with van der Waals surface area (Å²) >= 11 is 0. The van der Waals surface area contributed by atoms with Gasteiger partial charge in [-0.25, -0.2) is 18.1 Å². The van der Waals surface area contributed by atoms with Crippen molar-refractivity contribution in [3.63, 3.8) is 0 Å². The summed E-state index contributed by atoms with van der Waals surface area (Å²) in [5.74, 6) is 0. The molecule has 0 aliphatic heterocycles. The molecule has 0 unspecified atom stereocenters. The van der Waals surface area contributed by atoms with Crippen LogP contribution in [0.4, 0.5) is 0 Å². The summed E-state index contributed by atoms with van der Waals surface area (Å²) in [7, 11) is -3.44. The third kappa shape index (κ3) is 2.78. The van der Waals surface area contributed by atoms with E-state index in [0.29, 0.717) is 0 Å². The maximum atomic E-state index is 11.6. The van der Waals surface area contributed by atoms with Gasteiger partial charge in [-0.15, -0.1) is 0 Å². The topological polar surface area (TPSA) is 59.1 Å². The van der Waals surface area contributed by atoms with Crippen molar-refractivity contribution >= 4 is 10.0 Å². The highest BCUT2D eigenvalue weighted by Gasteiger charge is 2.15. The van der Waals surface area contributed by atoms with Crippen LogP contribution in [0.25, 0.3) is 0 Å². The Morgan fingerprint density at radius 3 is 2.43 bits per heavy atom. The van der Waals surface area contributed by atoms with Crippen molar-refractivity contribution in [2.24, 2.45) is 0 Å². The molecular weight excluding hydrogens is 200 g/mol. The predicted molar refractivity (Wildman–Crippen MR) is 54.4 cm³/mol. The first-order valence-corrected chi connectivity index (χ1v) is 5.85. The summed E-state index contributed by atoms with van der Waals surface area (Å²) in [5.41, 5.74) is 0.938. The Morgan fingerprint density at radius 2 is 2.00 bits per heavy atom. The average Bonchev–Trinajstić information content (AvgIpc) is 2.02. The summed E-state index contributed by atoms with van der Waals surface area (Å²) in [5, 5.41) is 0.0665. The lowest BCUT2D eigenvalue weighted by molar-refractivity contribution is 0.566. The maximum absolute atomic E-state index is 11.6. The van der Waals surface area contributed by atoms with Gasteiger partial charge in [-0.1, -0.05) is 6.07 Å². The minimum absolute atomic E-state index is 0.0665. The normalized spacial score (nSPS) is 12.0. The van der Waals surface area contributed by atoms with Gasteiger partial charge in [0.15, 0.2) is 5.03 Å². The molecular formula is C9H14N2O2S. The van der Waals surface area contributed by atoms with E-state index in [4.69, 9.17) is 0 Å². The lowest BCUT2D eigenvalue weighted by Gasteiger charge is -2.08. The first-order chi connectivity index (χ1) is 6.42. The van der Waals surface area contributed by atoms with Crippen molar-refractivity contribution in [2.75, 3.05) is 0 Å². The van der Waals surface area contributed by atoms with E-state index in [1.54, 1.807) is 19.9 Å². The summed E-state index contributed by atoms with van der Waals surface area (Å²) in [6, 6.07) is 3.10. The minimum Gasteiger partial charge on any atom is -0.243 e. The first kappa shape index (κ1) is 11.1. The third-order valence-electron chi connectivity index (χ3n) is 1.55. The molecule has 78 valence electrons. The fourth-order valence-electron chi connectivity index (χ4n) is 0.984. The van der Waals surface area contributed by atoms with E-state index in [1.165, 1.54) is 12.3 Å². The second-order valence-electron chi connectivity index (χ2n) is 3.45. The maximum Gasteiger partial charge on any atom is 0.258 e. The molecule has 0 saturated carbocycles. The minimum atomic E-state index is -3.44. The van der Waals surface area contributed by atoms with E-state index >= 15 is 0 Å². The van der Waals surface area contributed by atoms with Crippen molar-refractivity contribution in [1.29, 1.82) is 0 Å². The largest absolute Gasteiger partial charge is 0.258 e. The van der Waals surface area contributed by atoms with Crippen LogP contribution in [0.2, 0.25) is 0 Å². The van der Waals surface area contributed by atoms with Crippen LogP contribution in [0.1, 0.15) is 19.4 Å². The second kappa shape index (κ2) is 4.06. The lowest BCUT2D eigenvalue weighted by atomic mass is 10.3. The third-order valence-corrected chi connectivity index (χ3v) is 3.12. The van der Waals surface area contributed by atoms with Crippen molar-refractivity contribution in [2.45, 2.75) is 31.8 Å². The van der Waals surface area contributed by atoms with Gasteiger partial charge < -0.3 is 0 Å². The van der Waals surface area contributed by atoms with E-state index in [0.717, 1.165) is 5.56 Å². The van der Waals surface area contributed by atoms with Crippen LogP contribution in [-0.2, 0) is 10.0 Å². The summed E-state index contributed by atoms with van der Waals surface area (Å²) in [6.07, 6.45) is 1.54. The molecule has 1 N–H and O–H groups in total. The number of hydrogen-bond acceptors (Lipinski definition) is 3. The van der Waals surface area contributed by atoms with Crippen molar-refractivity contribution in [3.05, 3.63) is 23.9 Å². The lowest BCUT2D eigenvalue weighted by Crippen LogP contribution is -2.30. The fraction of sp³-hybridized carbons (Fsp3) is 0.444. The van der Waals surface area contributed by atoms with Crippen LogP contribution in [0.5, 0.6) is 0 Å². The molecule has 0 saturated heterocycles. The van der Waals surface area contributed by atoms with Crippen molar-refractivity contribution in [3.8, 4) is 0 Å². The number of nitrogens with one attached hydrogen (secondary N) is 1. The number of hydrogen-bond donors (Lipinski definition) is 1. The zero-order valence-electron chi connectivity index (χ0n) is 8.48. The van der Waals surface area contributed by atoms with Gasteiger partial charge in [-0.3, -0.25) is 0 Å². The molecule has 4 nitrogen and oxygen atoms in total. The Hall–Kier alpha value is -0.940. The van der Waals surface area contributed by atoms with Gasteiger partial charge in [0.25, 0.3) is 10.0 Å². The monoisotopic (exact) mass is 214 g/mol. The van der Waals surface area contributed by atoms with E-state index in [1.807, 2.05) is 6.92 Å². The van der Waals surface area contributed by atoms with Crippen molar-refractivity contribution in [1.82, 2.24) is 9.71 Å². The van der Waals surface area contributed by atoms with Gasteiger partial charge in [-0.05, 0) is 32.4 Å². The quantitative estimate of drug-likeness (QED) is 0.819. The van der Waals surface area contributed by atoms with Crippen molar-refractivity contribution < 1.29 is 8.42 Å². The van der Waals surface area contributed by atoms with Crippen LogP contribution in [0.3, 0.4) is 0 Å². The molecule has 0 aliphatic carbocycles. The van der Waals surface area contributed by atoms with E-state index in [-0.39, 0.29) is 11.1 Å². The van der Waals surface area contributed by atoms with Gasteiger partial charge in [0.1, 0.15) is 0 Å². The van der Waals surface area contributed by atoms with Crippen LogP contribution >= 0.6 is 0 Å². The predicted octanol–water partition coefficient (Wildman–Crippen LogP) is 1.08. The molecule has 0 amide bonds. The van der Waals surface area contributed by atoms with E-state index in [9.17, 15) is 8.42 Å². The SMILES string of the molecule is Cc1ccc(S(=O)(=O)NC(C)C)nc1. The van der Waals surface area contributed by atoms with E-state index < -0.39 is 10.0 Å². The molecule has 0 aromatic carbocycles. The fourth-order valence-corrected chi connectivity index (χ4v) is 2.16. The molecule has 5 heteroatoms. The molecule has 14 heavy (non-hydrogen) atoms. The average molecular weight is 214 g/mol. The molecule has 0 radical (unpaired) electrons. The number of aryl methyl sites for hydroxylation is 1. The Kier molecular flexibility index (Phi) is 3.23. The molecule has 0 fully saturated rings. The summed E-state index contributed by atoms with van der Waals surface area (Å²) in [6.45, 7) is 5.40. The zero-order valence-corrected chi connectivity index (χ0v) is 9.30. The van der Waals surface area contributed by atoms with Crippen LogP contribution in [-0.4, -0.2) is 19.4 Å². The first-order valence-electron chi connectivity index (χ1n) is 4.37. The molecule has 0 bridgehead atoms. The number of aromatic nitrogens is 1. The van der Waals surface area contributed by atoms with Crippen LogP contribution in [0.15, 0.2) is 23.4 Å². The summed E-state index contributed by atoms with van der Waals surface area (Å²) < 4.78 is 25.6. The zero-order chi connectivity index (χ0) is 10.8. The van der Waals surface area contributed by atoms with Gasteiger partial charge in [0.05, 0.1) is 0 Å². The Balaban J connectivity index is 2.99. The Morgan fingerprint density at radius 1 is 1.36 bits per heavy atom. The highest BCUT2D eigenvalue weighted by molar-refractivity contribution is 7.89. The smallest absolute Gasteiger partial charge is 0.243 e. The number of sulfonamides is 1. The highest BCUT2D eigenvalue weighted by Crippen LogP contribution is 2.06. The molecule has 0 aliphatic rings. The highest BCUT2D eigenvalue weighted by atomic mass is 32.2. The standard InChI is InChI=1S/C9H14N2O2S/c1-7(2)11-14(12,13)9-5-4-8(3)6-10-9/h4-7,11H,1-3H3. The van der Waals surface area contributed by atoms with Gasteiger partial charge in [-0.2, -0.15) is 0 Å². The summed E-state index contributed by atoms with van der Waals surface area (Å²) in [4.78, 5) is 3.85. The Bertz CT molecular complexity index is 395. The molecule has 1 aromatic rings. The van der Waals surface area contributed by atoms with Crippen LogP contribution < -0.4 is 4.72 Å². The molecule has 1 aromatic heterocycles. The molecule has 1 heterocycles. The van der Waals surface area contributed by atoms with Crippen LogP contribution in [0, 0.1) is 6.92 Å². The molecule has 0 atom stereocenters. The number of rotatable bonds is 3. The molecule has 1 rings (SSSR count). The van der Waals surface area contributed by atoms with Gasteiger partial charge >= 0.3 is 0 Å². The number of pyridine rings is 1. The number of nitrogens with zero attached hydrogens (tertiary/aromatic N) is 1. The Labute approximate surface area is 84.4 Å². The molecule has 0 spiro atoms.